The minimum atomic E-state index is 0.149. The number of para-hydroxylation sites is 2. The van der Waals surface area contributed by atoms with E-state index in [2.05, 4.69) is 40.9 Å². The van der Waals surface area contributed by atoms with E-state index in [0.29, 0.717) is 41.7 Å². The van der Waals surface area contributed by atoms with Crippen LogP contribution in [-0.4, -0.2) is 31.5 Å². The van der Waals surface area contributed by atoms with E-state index in [4.69, 9.17) is 23.2 Å². The molecular weight excluding hydrogens is 447 g/mol. The minimum absolute atomic E-state index is 0.149. The zero-order valence-electron chi connectivity index (χ0n) is 17.0. The van der Waals surface area contributed by atoms with Gasteiger partial charge in [0.05, 0.1) is 0 Å². The molecule has 0 bridgehead atoms. The highest BCUT2D eigenvalue weighted by Crippen LogP contribution is 2.19. The Morgan fingerprint density at radius 3 is 2.09 bits per heavy atom. The molecule has 0 radical (unpaired) electrons. The van der Waals surface area contributed by atoms with Crippen LogP contribution >= 0.6 is 23.2 Å². The van der Waals surface area contributed by atoms with E-state index in [9.17, 15) is 0 Å². The van der Waals surface area contributed by atoms with Gasteiger partial charge in [0, 0.05) is 30.4 Å². The Bertz CT molecular complexity index is 1070. The fourth-order valence-electron chi connectivity index (χ4n) is 2.89. The highest BCUT2D eigenvalue weighted by Gasteiger charge is 2.07. The summed E-state index contributed by atoms with van der Waals surface area (Å²) >= 11 is 12.2. The van der Waals surface area contributed by atoms with Crippen LogP contribution in [0.3, 0.4) is 0 Å². The molecule has 162 valence electrons. The molecule has 0 aliphatic carbocycles. The van der Waals surface area contributed by atoms with Crippen LogP contribution in [0.2, 0.25) is 10.4 Å². The van der Waals surface area contributed by atoms with Crippen molar-refractivity contribution in [2.75, 3.05) is 22.5 Å². The van der Waals surface area contributed by atoms with Crippen molar-refractivity contribution in [1.29, 1.82) is 0 Å². The molecule has 0 saturated heterocycles. The maximum atomic E-state index is 6.15. The van der Waals surface area contributed by atoms with Gasteiger partial charge in [0.2, 0.25) is 17.2 Å². The summed E-state index contributed by atoms with van der Waals surface area (Å²) in [4.78, 5) is 21.5. The number of halogens is 2. The van der Waals surface area contributed by atoms with Gasteiger partial charge in [0.15, 0.2) is 0 Å². The van der Waals surface area contributed by atoms with Crippen molar-refractivity contribution >= 4 is 52.3 Å². The number of aromatic nitrogens is 5. The van der Waals surface area contributed by atoms with Crippen LogP contribution in [0, 0.1) is 0 Å². The Hall–Kier alpha value is -3.49. The van der Waals surface area contributed by atoms with Crippen molar-refractivity contribution in [3.63, 3.8) is 0 Å². The molecule has 3 N–H and O–H groups in total. The molecule has 0 amide bonds. The van der Waals surface area contributed by atoms with Crippen LogP contribution in [0.15, 0.2) is 66.7 Å². The number of hydrogen-bond acceptors (Lipinski definition) is 8. The lowest BCUT2D eigenvalue weighted by Gasteiger charge is -2.10. The van der Waals surface area contributed by atoms with E-state index >= 15 is 0 Å². The Labute approximate surface area is 195 Å². The zero-order chi connectivity index (χ0) is 22.2. The highest BCUT2D eigenvalue weighted by molar-refractivity contribution is 6.29. The van der Waals surface area contributed by atoms with E-state index in [1.807, 2.05) is 60.7 Å². The second-order valence-corrected chi connectivity index (χ2v) is 7.48. The molecule has 0 aliphatic heterocycles. The molecule has 32 heavy (non-hydrogen) atoms. The van der Waals surface area contributed by atoms with E-state index in [1.54, 1.807) is 6.07 Å². The number of aryl methyl sites for hydroxylation is 1. The first-order valence-electron chi connectivity index (χ1n) is 9.97. The summed E-state index contributed by atoms with van der Waals surface area (Å²) in [5.74, 6) is 2.06. The molecule has 4 rings (SSSR count). The standard InChI is InChI=1S/C22H20Cl2N8/c23-17-14-19(26-15-8-3-1-4-9-15)31-21(28-17)25-13-7-12-18-29-20(24)32-22(30-18)27-16-10-5-2-6-11-16/h1-6,8-11,14H,7,12-13H2,(H2,25,26,28,31)(H,27,29,30,32). The molecule has 2 heterocycles. The fourth-order valence-corrected chi connectivity index (χ4v) is 3.25. The topological polar surface area (TPSA) is 101 Å². The summed E-state index contributed by atoms with van der Waals surface area (Å²) < 4.78 is 0. The van der Waals surface area contributed by atoms with Crippen LogP contribution < -0.4 is 16.0 Å². The van der Waals surface area contributed by atoms with E-state index in [0.717, 1.165) is 17.8 Å². The molecule has 0 atom stereocenters. The number of hydrogen-bond donors (Lipinski definition) is 3. The number of anilines is 5. The largest absolute Gasteiger partial charge is 0.354 e. The predicted octanol–water partition coefficient (Wildman–Crippen LogP) is 5.50. The molecular formula is C22H20Cl2N8. The second kappa shape index (κ2) is 10.7. The summed E-state index contributed by atoms with van der Waals surface area (Å²) in [6.45, 7) is 0.607. The summed E-state index contributed by atoms with van der Waals surface area (Å²) in [5, 5.41) is 10.0. The highest BCUT2D eigenvalue weighted by atomic mass is 35.5. The summed E-state index contributed by atoms with van der Waals surface area (Å²) in [5.41, 5.74) is 1.79. The molecule has 4 aromatic rings. The van der Waals surface area contributed by atoms with Crippen LogP contribution in [0.5, 0.6) is 0 Å². The number of benzene rings is 2. The van der Waals surface area contributed by atoms with Gasteiger partial charge in [-0.15, -0.1) is 0 Å². The molecule has 0 fully saturated rings. The first-order valence-corrected chi connectivity index (χ1v) is 10.7. The lowest BCUT2D eigenvalue weighted by Crippen LogP contribution is -2.09. The van der Waals surface area contributed by atoms with E-state index < -0.39 is 0 Å². The normalized spacial score (nSPS) is 10.6. The SMILES string of the molecule is Clc1cc(Nc2ccccc2)nc(NCCCc2nc(Cl)nc(Nc3ccccc3)n2)n1. The monoisotopic (exact) mass is 466 g/mol. The maximum Gasteiger partial charge on any atom is 0.231 e. The van der Waals surface area contributed by atoms with Crippen LogP contribution in [-0.2, 0) is 6.42 Å². The minimum Gasteiger partial charge on any atom is -0.354 e. The van der Waals surface area contributed by atoms with E-state index in [-0.39, 0.29) is 5.28 Å². The number of nitrogens with zero attached hydrogens (tertiary/aromatic N) is 5. The van der Waals surface area contributed by atoms with Gasteiger partial charge in [-0.3, -0.25) is 0 Å². The number of nitrogens with one attached hydrogen (secondary N) is 3. The molecule has 2 aromatic carbocycles. The third kappa shape index (κ3) is 6.50. The summed E-state index contributed by atoms with van der Waals surface area (Å²) in [7, 11) is 0. The molecule has 2 aromatic heterocycles. The number of rotatable bonds is 9. The third-order valence-corrected chi connectivity index (χ3v) is 4.65. The average molecular weight is 467 g/mol. The third-order valence-electron chi connectivity index (χ3n) is 4.29. The van der Waals surface area contributed by atoms with Gasteiger partial charge in [-0.1, -0.05) is 48.0 Å². The van der Waals surface area contributed by atoms with Crippen molar-refractivity contribution < 1.29 is 0 Å². The van der Waals surface area contributed by atoms with Crippen molar-refractivity contribution in [1.82, 2.24) is 24.9 Å². The lowest BCUT2D eigenvalue weighted by atomic mass is 10.3. The molecule has 0 spiro atoms. The van der Waals surface area contributed by atoms with Gasteiger partial charge in [-0.05, 0) is 42.3 Å². The maximum absolute atomic E-state index is 6.15. The Morgan fingerprint density at radius 2 is 1.38 bits per heavy atom. The Balaban J connectivity index is 1.32. The predicted molar refractivity (Wildman–Crippen MR) is 128 cm³/mol. The van der Waals surface area contributed by atoms with Gasteiger partial charge in [-0.2, -0.15) is 15.0 Å². The first-order chi connectivity index (χ1) is 15.6. The van der Waals surface area contributed by atoms with Crippen molar-refractivity contribution in [2.24, 2.45) is 0 Å². The lowest BCUT2D eigenvalue weighted by molar-refractivity contribution is 0.787. The molecule has 10 heteroatoms. The molecule has 0 unspecified atom stereocenters. The Morgan fingerprint density at radius 1 is 0.688 bits per heavy atom. The Kier molecular flexibility index (Phi) is 7.27. The molecule has 0 saturated carbocycles. The molecule has 0 aliphatic rings. The average Bonchev–Trinajstić information content (AvgIpc) is 2.77. The van der Waals surface area contributed by atoms with Crippen molar-refractivity contribution in [2.45, 2.75) is 12.8 Å². The summed E-state index contributed by atoms with van der Waals surface area (Å²) in [6, 6.07) is 21.0. The van der Waals surface area contributed by atoms with Crippen molar-refractivity contribution in [3.8, 4) is 0 Å². The van der Waals surface area contributed by atoms with Crippen LogP contribution in [0.1, 0.15) is 12.2 Å². The van der Waals surface area contributed by atoms with Gasteiger partial charge in [0.1, 0.15) is 16.8 Å². The molecule has 8 nitrogen and oxygen atoms in total. The first kappa shape index (κ1) is 21.7. The second-order valence-electron chi connectivity index (χ2n) is 6.76. The van der Waals surface area contributed by atoms with Crippen molar-refractivity contribution in [3.05, 3.63) is 83.0 Å². The quantitative estimate of drug-likeness (QED) is 0.219. The fraction of sp³-hybridized carbons (Fsp3) is 0.136. The zero-order valence-corrected chi connectivity index (χ0v) is 18.5. The summed E-state index contributed by atoms with van der Waals surface area (Å²) in [6.07, 6.45) is 1.34. The van der Waals surface area contributed by atoms with Gasteiger partial charge >= 0.3 is 0 Å². The van der Waals surface area contributed by atoms with Crippen LogP contribution in [0.25, 0.3) is 0 Å². The van der Waals surface area contributed by atoms with Gasteiger partial charge in [0.25, 0.3) is 0 Å². The van der Waals surface area contributed by atoms with E-state index in [1.165, 1.54) is 0 Å². The smallest absolute Gasteiger partial charge is 0.231 e. The van der Waals surface area contributed by atoms with Gasteiger partial charge < -0.3 is 16.0 Å². The van der Waals surface area contributed by atoms with Gasteiger partial charge in [-0.25, -0.2) is 9.97 Å². The van der Waals surface area contributed by atoms with Crippen LogP contribution in [0.4, 0.5) is 29.1 Å².